The lowest BCUT2D eigenvalue weighted by molar-refractivity contribution is -0.119. The lowest BCUT2D eigenvalue weighted by Gasteiger charge is -2.15. The van der Waals surface area contributed by atoms with Gasteiger partial charge >= 0.3 is 0 Å². The molecule has 0 aliphatic carbocycles. The molecule has 0 fully saturated rings. The van der Waals surface area contributed by atoms with Crippen molar-refractivity contribution in [3.8, 4) is 5.75 Å². The number of amides is 1. The Morgan fingerprint density at radius 2 is 1.90 bits per heavy atom. The first-order valence-electron chi connectivity index (χ1n) is 10.3. The molecule has 0 aromatic heterocycles. The molecule has 2 aromatic carbocycles. The molecule has 31 heavy (non-hydrogen) atoms. The highest BCUT2D eigenvalue weighted by Crippen LogP contribution is 2.16. The van der Waals surface area contributed by atoms with Crippen LogP contribution in [-0.4, -0.2) is 38.2 Å². The summed E-state index contributed by atoms with van der Waals surface area (Å²) in [6, 6.07) is 17.7. The summed E-state index contributed by atoms with van der Waals surface area (Å²) in [6.07, 6.45) is 0.954. The van der Waals surface area contributed by atoms with Crippen molar-refractivity contribution in [2.75, 3.05) is 26.3 Å². The molecule has 0 aliphatic heterocycles. The van der Waals surface area contributed by atoms with E-state index in [0.29, 0.717) is 18.9 Å². The second kappa shape index (κ2) is 15.5. The van der Waals surface area contributed by atoms with Gasteiger partial charge in [0.25, 0.3) is 5.91 Å². The van der Waals surface area contributed by atoms with E-state index in [1.165, 1.54) is 5.56 Å². The molecular weight excluding hydrogens is 507 g/mol. The van der Waals surface area contributed by atoms with Crippen molar-refractivity contribution in [1.82, 2.24) is 10.6 Å². The normalized spacial score (nSPS) is 11.9. The van der Waals surface area contributed by atoms with E-state index in [1.807, 2.05) is 43.3 Å². The van der Waals surface area contributed by atoms with Crippen LogP contribution in [0.4, 0.5) is 0 Å². The highest BCUT2D eigenvalue weighted by Gasteiger charge is 2.05. The fourth-order valence-corrected chi connectivity index (χ4v) is 2.76. The Kier molecular flexibility index (Phi) is 13.3. The smallest absolute Gasteiger partial charge is 0.255 e. The number of guanidine groups is 1. The molecule has 1 atom stereocenters. The summed E-state index contributed by atoms with van der Waals surface area (Å²) in [5.74, 6) is 0.848. The van der Waals surface area contributed by atoms with Gasteiger partial charge in [0.15, 0.2) is 12.6 Å². The lowest BCUT2D eigenvalue weighted by Crippen LogP contribution is -2.38. The first-order valence-corrected chi connectivity index (χ1v) is 10.3. The SMILES string of the molecule is CCNC(=NCc1cccc(OCC(N)=O)c1)NCCCOC(C)c1ccccc1.I. The van der Waals surface area contributed by atoms with Gasteiger partial charge in [0.1, 0.15) is 5.75 Å². The third-order valence-electron chi connectivity index (χ3n) is 4.29. The average Bonchev–Trinajstić information content (AvgIpc) is 2.76. The van der Waals surface area contributed by atoms with Gasteiger partial charge in [-0.2, -0.15) is 0 Å². The summed E-state index contributed by atoms with van der Waals surface area (Å²) in [7, 11) is 0. The largest absolute Gasteiger partial charge is 0.484 e. The minimum absolute atomic E-state index is 0. The summed E-state index contributed by atoms with van der Waals surface area (Å²) >= 11 is 0. The molecule has 1 unspecified atom stereocenters. The van der Waals surface area contributed by atoms with E-state index >= 15 is 0 Å². The molecule has 170 valence electrons. The third-order valence-corrected chi connectivity index (χ3v) is 4.29. The minimum atomic E-state index is -0.501. The molecule has 2 aromatic rings. The van der Waals surface area contributed by atoms with Gasteiger partial charge in [-0.25, -0.2) is 4.99 Å². The predicted octanol–water partition coefficient (Wildman–Crippen LogP) is 3.39. The Morgan fingerprint density at radius 3 is 2.61 bits per heavy atom. The van der Waals surface area contributed by atoms with Crippen LogP contribution in [0.1, 0.15) is 37.5 Å². The number of halogens is 1. The van der Waals surface area contributed by atoms with Crippen LogP contribution in [0.5, 0.6) is 5.75 Å². The molecular formula is C23H33IN4O3. The lowest BCUT2D eigenvalue weighted by atomic mass is 10.1. The number of hydrogen-bond acceptors (Lipinski definition) is 4. The molecule has 0 bridgehead atoms. The number of nitrogens with two attached hydrogens (primary N) is 1. The van der Waals surface area contributed by atoms with Gasteiger partial charge in [-0.05, 0) is 43.5 Å². The number of aliphatic imine (C=N–C) groups is 1. The van der Waals surface area contributed by atoms with Crippen molar-refractivity contribution in [1.29, 1.82) is 0 Å². The van der Waals surface area contributed by atoms with Gasteiger partial charge in [0, 0.05) is 19.7 Å². The zero-order valence-corrected chi connectivity index (χ0v) is 20.5. The maximum Gasteiger partial charge on any atom is 0.255 e. The Morgan fingerprint density at radius 1 is 1.13 bits per heavy atom. The Bertz CT molecular complexity index is 802. The number of ether oxygens (including phenoxy) is 2. The van der Waals surface area contributed by atoms with Gasteiger partial charge in [0.05, 0.1) is 12.6 Å². The number of hydrogen-bond donors (Lipinski definition) is 3. The number of benzene rings is 2. The van der Waals surface area contributed by atoms with E-state index in [-0.39, 0.29) is 36.7 Å². The molecule has 8 heteroatoms. The van der Waals surface area contributed by atoms with Crippen molar-refractivity contribution in [2.24, 2.45) is 10.7 Å². The maximum atomic E-state index is 10.9. The van der Waals surface area contributed by atoms with Crippen LogP contribution in [0.15, 0.2) is 59.6 Å². The molecule has 0 spiro atoms. The zero-order chi connectivity index (χ0) is 21.6. The quantitative estimate of drug-likeness (QED) is 0.166. The van der Waals surface area contributed by atoms with Gasteiger partial charge in [0.2, 0.25) is 0 Å². The minimum Gasteiger partial charge on any atom is -0.484 e. The summed E-state index contributed by atoms with van der Waals surface area (Å²) in [4.78, 5) is 15.5. The monoisotopic (exact) mass is 540 g/mol. The van der Waals surface area contributed by atoms with E-state index < -0.39 is 5.91 Å². The van der Waals surface area contributed by atoms with Gasteiger partial charge < -0.3 is 25.8 Å². The standard InChI is InChI=1S/C23H32N4O3.HI/c1-3-25-23(26-13-8-14-29-18(2)20-10-5-4-6-11-20)27-16-19-9-7-12-21(15-19)30-17-22(24)28;/h4-7,9-12,15,18H,3,8,13-14,16-17H2,1-2H3,(H2,24,28)(H2,25,26,27);1H. The first kappa shape index (κ1) is 26.7. The van der Waals surface area contributed by atoms with Crippen molar-refractivity contribution >= 4 is 35.8 Å². The van der Waals surface area contributed by atoms with E-state index in [1.54, 1.807) is 6.07 Å². The Labute approximate surface area is 201 Å². The van der Waals surface area contributed by atoms with Gasteiger partial charge in [-0.15, -0.1) is 24.0 Å². The van der Waals surface area contributed by atoms with E-state index in [4.69, 9.17) is 15.2 Å². The molecule has 2 rings (SSSR count). The summed E-state index contributed by atoms with van der Waals surface area (Å²) in [6.45, 7) is 6.65. The number of nitrogens with one attached hydrogen (secondary N) is 2. The number of carbonyl (C=O) groups excluding carboxylic acids is 1. The second-order valence-electron chi connectivity index (χ2n) is 6.80. The van der Waals surface area contributed by atoms with E-state index in [2.05, 4.69) is 34.7 Å². The van der Waals surface area contributed by atoms with Crippen LogP contribution in [-0.2, 0) is 16.1 Å². The van der Waals surface area contributed by atoms with Crippen molar-refractivity contribution in [2.45, 2.75) is 32.9 Å². The molecule has 0 aliphatic rings. The number of nitrogens with zero attached hydrogens (tertiary/aromatic N) is 1. The van der Waals surface area contributed by atoms with Crippen LogP contribution in [0.25, 0.3) is 0 Å². The van der Waals surface area contributed by atoms with Crippen LogP contribution in [0, 0.1) is 0 Å². The molecule has 4 N–H and O–H groups in total. The average molecular weight is 540 g/mol. The van der Waals surface area contributed by atoms with E-state index in [9.17, 15) is 4.79 Å². The highest BCUT2D eigenvalue weighted by molar-refractivity contribution is 14.0. The third kappa shape index (κ3) is 11.0. The molecule has 0 saturated heterocycles. The van der Waals surface area contributed by atoms with Gasteiger partial charge in [-0.3, -0.25) is 4.79 Å². The first-order chi connectivity index (χ1) is 14.6. The molecule has 0 heterocycles. The van der Waals surface area contributed by atoms with Gasteiger partial charge in [-0.1, -0.05) is 42.5 Å². The van der Waals surface area contributed by atoms with Crippen LogP contribution in [0.2, 0.25) is 0 Å². The van der Waals surface area contributed by atoms with Crippen molar-refractivity contribution in [3.63, 3.8) is 0 Å². The topological polar surface area (TPSA) is 98.0 Å². The van der Waals surface area contributed by atoms with E-state index in [0.717, 1.165) is 31.0 Å². The van der Waals surface area contributed by atoms with Crippen LogP contribution >= 0.6 is 24.0 Å². The molecule has 7 nitrogen and oxygen atoms in total. The maximum absolute atomic E-state index is 10.9. The second-order valence-corrected chi connectivity index (χ2v) is 6.80. The summed E-state index contributed by atoms with van der Waals surface area (Å²) in [5, 5.41) is 6.56. The van der Waals surface area contributed by atoms with Crippen LogP contribution < -0.4 is 21.1 Å². The highest BCUT2D eigenvalue weighted by atomic mass is 127. The molecule has 0 saturated carbocycles. The fourth-order valence-electron chi connectivity index (χ4n) is 2.76. The zero-order valence-electron chi connectivity index (χ0n) is 18.2. The van der Waals surface area contributed by atoms with Crippen molar-refractivity contribution < 1.29 is 14.3 Å². The fraction of sp³-hybridized carbons (Fsp3) is 0.391. The summed E-state index contributed by atoms with van der Waals surface area (Å²) in [5.41, 5.74) is 7.28. The number of carbonyl (C=O) groups is 1. The number of rotatable bonds is 12. The van der Waals surface area contributed by atoms with Crippen LogP contribution in [0.3, 0.4) is 0 Å². The molecule has 1 amide bonds. The Balaban J connectivity index is 0.00000480. The predicted molar refractivity (Wildman–Crippen MR) is 135 cm³/mol. The Hall–Kier alpha value is -2.33. The molecule has 0 radical (unpaired) electrons. The van der Waals surface area contributed by atoms with Crippen molar-refractivity contribution in [3.05, 3.63) is 65.7 Å². The number of primary amides is 1. The summed E-state index contributed by atoms with van der Waals surface area (Å²) < 4.78 is 11.2.